The number of carbonyl (C=O) groups is 2. The first-order valence-electron chi connectivity index (χ1n) is 9.18. The van der Waals surface area contributed by atoms with Crippen molar-refractivity contribution in [3.63, 3.8) is 0 Å². The molecule has 0 aliphatic heterocycles. The van der Waals surface area contributed by atoms with E-state index in [0.29, 0.717) is 30.0 Å². The molecular formula is C20H22N6O2S. The van der Waals surface area contributed by atoms with Crippen LogP contribution in [-0.4, -0.2) is 35.8 Å². The summed E-state index contributed by atoms with van der Waals surface area (Å²) in [4.78, 5) is 26.3. The number of urea groups is 1. The molecule has 3 aromatic rings. The van der Waals surface area contributed by atoms with Crippen molar-refractivity contribution in [1.29, 1.82) is 0 Å². The van der Waals surface area contributed by atoms with Crippen LogP contribution in [0.5, 0.6) is 0 Å². The molecule has 1 aromatic carbocycles. The third kappa shape index (κ3) is 3.56. The molecule has 2 heterocycles. The lowest BCUT2D eigenvalue weighted by Gasteiger charge is -2.13. The molecule has 0 saturated heterocycles. The molecule has 4 rings (SSSR count). The standard InChI is InChI=1S/C20H22N6O2S/c1-25(2)12-5-3-4-11(8-12)9-26-10-14-15(24-26)7-6-13-16(18(21)27)19(23-20(22)28)29-17(13)14/h3-5,8,10H,6-7,9H2,1-2H3,(H2,21,27)(H3,22,23,28). The second kappa shape index (κ2) is 7.25. The fourth-order valence-electron chi connectivity index (χ4n) is 3.66. The SMILES string of the molecule is CN(C)c1cccc(Cn2cc3c(n2)CCc2c-3sc(NC(N)=O)c2C(N)=O)c1. The maximum Gasteiger partial charge on any atom is 0.317 e. The van der Waals surface area contributed by atoms with Crippen molar-refractivity contribution in [2.24, 2.45) is 11.5 Å². The molecule has 1 aliphatic carbocycles. The van der Waals surface area contributed by atoms with Gasteiger partial charge in [0, 0.05) is 36.4 Å². The molecule has 0 spiro atoms. The van der Waals surface area contributed by atoms with Crippen LogP contribution in [0.3, 0.4) is 0 Å². The molecule has 29 heavy (non-hydrogen) atoms. The highest BCUT2D eigenvalue weighted by Crippen LogP contribution is 2.44. The number of anilines is 2. The van der Waals surface area contributed by atoms with E-state index in [4.69, 9.17) is 16.6 Å². The number of rotatable bonds is 5. The second-order valence-electron chi connectivity index (χ2n) is 7.22. The van der Waals surface area contributed by atoms with E-state index in [0.717, 1.165) is 32.9 Å². The number of primary amides is 2. The number of hydrogen-bond acceptors (Lipinski definition) is 5. The number of aryl methyl sites for hydroxylation is 1. The molecule has 0 saturated carbocycles. The first-order chi connectivity index (χ1) is 13.8. The third-order valence-corrected chi connectivity index (χ3v) is 6.14. The molecule has 0 fully saturated rings. The third-order valence-electron chi connectivity index (χ3n) is 4.96. The average Bonchev–Trinajstić information content (AvgIpc) is 3.21. The van der Waals surface area contributed by atoms with E-state index < -0.39 is 11.9 Å². The Labute approximate surface area is 172 Å². The van der Waals surface area contributed by atoms with Crippen LogP contribution in [0, 0.1) is 0 Å². The predicted molar refractivity (Wildman–Crippen MR) is 115 cm³/mol. The topological polar surface area (TPSA) is 119 Å². The van der Waals surface area contributed by atoms with Gasteiger partial charge in [-0.3, -0.25) is 14.8 Å². The van der Waals surface area contributed by atoms with Gasteiger partial charge < -0.3 is 16.4 Å². The fraction of sp³-hybridized carbons (Fsp3) is 0.250. The van der Waals surface area contributed by atoms with Crippen molar-refractivity contribution in [3.8, 4) is 10.4 Å². The molecule has 1 aliphatic rings. The van der Waals surface area contributed by atoms with E-state index in [1.807, 2.05) is 31.0 Å². The summed E-state index contributed by atoms with van der Waals surface area (Å²) < 4.78 is 1.92. The van der Waals surface area contributed by atoms with Crippen LogP contribution in [0.25, 0.3) is 10.4 Å². The van der Waals surface area contributed by atoms with Crippen molar-refractivity contribution in [2.45, 2.75) is 19.4 Å². The van der Waals surface area contributed by atoms with Gasteiger partial charge in [0.25, 0.3) is 5.91 Å². The number of carbonyl (C=O) groups excluding carboxylic acids is 2. The van der Waals surface area contributed by atoms with Crippen LogP contribution in [0.1, 0.15) is 27.2 Å². The van der Waals surface area contributed by atoms with Gasteiger partial charge in [0.05, 0.1) is 17.8 Å². The highest BCUT2D eigenvalue weighted by molar-refractivity contribution is 7.20. The van der Waals surface area contributed by atoms with Crippen LogP contribution >= 0.6 is 11.3 Å². The lowest BCUT2D eigenvalue weighted by atomic mass is 9.94. The highest BCUT2D eigenvalue weighted by Gasteiger charge is 2.29. The monoisotopic (exact) mass is 410 g/mol. The minimum Gasteiger partial charge on any atom is -0.378 e. The summed E-state index contributed by atoms with van der Waals surface area (Å²) in [6, 6.07) is 7.59. The molecule has 150 valence electrons. The van der Waals surface area contributed by atoms with E-state index in [1.54, 1.807) is 0 Å². The summed E-state index contributed by atoms with van der Waals surface area (Å²) in [5.74, 6) is -0.567. The number of hydrogen-bond donors (Lipinski definition) is 3. The van der Waals surface area contributed by atoms with Crippen LogP contribution in [0.15, 0.2) is 30.5 Å². The fourth-order valence-corrected chi connectivity index (χ4v) is 4.95. The van der Waals surface area contributed by atoms with Gasteiger partial charge in [0.1, 0.15) is 5.00 Å². The van der Waals surface area contributed by atoms with Gasteiger partial charge in [-0.2, -0.15) is 5.10 Å². The number of nitrogens with two attached hydrogens (primary N) is 2. The zero-order chi connectivity index (χ0) is 20.7. The van der Waals surface area contributed by atoms with Gasteiger partial charge >= 0.3 is 6.03 Å². The van der Waals surface area contributed by atoms with Gasteiger partial charge in [-0.1, -0.05) is 12.1 Å². The van der Waals surface area contributed by atoms with Crippen molar-refractivity contribution < 1.29 is 9.59 Å². The van der Waals surface area contributed by atoms with Crippen LogP contribution < -0.4 is 21.7 Å². The summed E-state index contributed by atoms with van der Waals surface area (Å²) in [5.41, 5.74) is 16.3. The number of aromatic nitrogens is 2. The molecule has 9 heteroatoms. The van der Waals surface area contributed by atoms with Gasteiger partial charge in [0.15, 0.2) is 0 Å². The lowest BCUT2D eigenvalue weighted by molar-refractivity contribution is 0.100. The van der Waals surface area contributed by atoms with E-state index in [9.17, 15) is 9.59 Å². The normalized spacial score (nSPS) is 12.2. The molecule has 0 bridgehead atoms. The Hall–Kier alpha value is -3.33. The first kappa shape index (κ1) is 19.0. The molecule has 3 amide bonds. The largest absolute Gasteiger partial charge is 0.378 e. The Kier molecular flexibility index (Phi) is 4.75. The molecular weight excluding hydrogens is 388 g/mol. The van der Waals surface area contributed by atoms with Gasteiger partial charge in [0.2, 0.25) is 0 Å². The minimum absolute atomic E-state index is 0.348. The zero-order valence-electron chi connectivity index (χ0n) is 16.2. The summed E-state index contributed by atoms with van der Waals surface area (Å²) in [7, 11) is 4.02. The molecule has 0 unspecified atom stereocenters. The predicted octanol–water partition coefficient (Wildman–Crippen LogP) is 2.41. The maximum atomic E-state index is 12.0. The molecule has 8 nitrogen and oxygen atoms in total. The van der Waals surface area contributed by atoms with E-state index in [2.05, 4.69) is 28.4 Å². The first-order valence-corrected chi connectivity index (χ1v) is 10.00. The summed E-state index contributed by atoms with van der Waals surface area (Å²) in [6.07, 6.45) is 3.34. The number of thiophene rings is 1. The lowest BCUT2D eigenvalue weighted by Crippen LogP contribution is -2.22. The smallest absolute Gasteiger partial charge is 0.317 e. The summed E-state index contributed by atoms with van der Waals surface area (Å²) in [5, 5.41) is 7.67. The van der Waals surface area contributed by atoms with Gasteiger partial charge in [-0.05, 0) is 36.1 Å². The van der Waals surface area contributed by atoms with E-state index in [1.165, 1.54) is 11.3 Å². The Morgan fingerprint density at radius 2 is 2.07 bits per heavy atom. The van der Waals surface area contributed by atoms with Crippen LogP contribution in [0.2, 0.25) is 0 Å². The van der Waals surface area contributed by atoms with Crippen molar-refractivity contribution in [3.05, 3.63) is 52.8 Å². The van der Waals surface area contributed by atoms with Crippen LogP contribution in [-0.2, 0) is 19.4 Å². The summed E-state index contributed by atoms with van der Waals surface area (Å²) in [6.45, 7) is 0.643. The number of nitrogens with one attached hydrogen (secondary N) is 1. The number of benzene rings is 1. The van der Waals surface area contributed by atoms with Crippen LogP contribution in [0.4, 0.5) is 15.5 Å². The van der Waals surface area contributed by atoms with E-state index in [-0.39, 0.29) is 0 Å². The Bertz CT molecular complexity index is 1110. The van der Waals surface area contributed by atoms with E-state index >= 15 is 0 Å². The van der Waals surface area contributed by atoms with Gasteiger partial charge in [-0.15, -0.1) is 11.3 Å². The second-order valence-corrected chi connectivity index (χ2v) is 8.24. The number of amides is 3. The number of fused-ring (bicyclic) bond motifs is 3. The zero-order valence-corrected chi connectivity index (χ0v) is 17.0. The molecule has 5 N–H and O–H groups in total. The Morgan fingerprint density at radius 1 is 1.28 bits per heavy atom. The Morgan fingerprint density at radius 3 is 2.76 bits per heavy atom. The average molecular weight is 411 g/mol. The highest BCUT2D eigenvalue weighted by atomic mass is 32.1. The molecule has 2 aromatic heterocycles. The quantitative estimate of drug-likeness (QED) is 0.598. The minimum atomic E-state index is -0.720. The van der Waals surface area contributed by atoms with Crippen molar-refractivity contribution >= 4 is 34.0 Å². The molecule has 0 atom stereocenters. The van der Waals surface area contributed by atoms with Crippen molar-refractivity contribution in [2.75, 3.05) is 24.3 Å². The van der Waals surface area contributed by atoms with Crippen molar-refractivity contribution in [1.82, 2.24) is 9.78 Å². The number of nitrogens with zero attached hydrogens (tertiary/aromatic N) is 3. The maximum absolute atomic E-state index is 12.0. The summed E-state index contributed by atoms with van der Waals surface area (Å²) >= 11 is 1.31. The molecule has 0 radical (unpaired) electrons. The van der Waals surface area contributed by atoms with Gasteiger partial charge in [-0.25, -0.2) is 4.79 Å². The Balaban J connectivity index is 1.70.